The maximum absolute atomic E-state index is 11.6. The zero-order valence-corrected chi connectivity index (χ0v) is 11.2. The van der Waals surface area contributed by atoms with E-state index in [1.807, 2.05) is 18.2 Å². The molecule has 1 aromatic heterocycles. The van der Waals surface area contributed by atoms with Gasteiger partial charge in [0.15, 0.2) is 0 Å². The fourth-order valence-corrected chi connectivity index (χ4v) is 1.86. The molecule has 0 fully saturated rings. The number of alkyl halides is 1. The van der Waals surface area contributed by atoms with Crippen LogP contribution >= 0.6 is 11.6 Å². The van der Waals surface area contributed by atoms with Crippen molar-refractivity contribution in [2.75, 3.05) is 6.61 Å². The van der Waals surface area contributed by atoms with Crippen LogP contribution in [0.2, 0.25) is 0 Å². The Balaban J connectivity index is 1.81. The average Bonchev–Trinajstić information content (AvgIpc) is 2.46. The first-order valence-corrected chi connectivity index (χ1v) is 6.67. The van der Waals surface area contributed by atoms with E-state index in [-0.39, 0.29) is 17.1 Å². The van der Waals surface area contributed by atoms with E-state index in [1.54, 1.807) is 0 Å². The van der Waals surface area contributed by atoms with E-state index in [9.17, 15) is 4.79 Å². The third kappa shape index (κ3) is 4.14. The van der Waals surface area contributed by atoms with Crippen molar-refractivity contribution >= 4 is 11.6 Å². The Morgan fingerprint density at radius 3 is 2.68 bits per heavy atom. The van der Waals surface area contributed by atoms with Gasteiger partial charge >= 0.3 is 0 Å². The highest BCUT2D eigenvalue weighted by Gasteiger charge is 2.03. The molecule has 3 nitrogen and oxygen atoms in total. The first-order chi connectivity index (χ1) is 9.29. The van der Waals surface area contributed by atoms with Crippen LogP contribution < -0.4 is 10.2 Å². The fraction of sp³-hybridized carbons (Fsp3) is 0.267. The summed E-state index contributed by atoms with van der Waals surface area (Å²) >= 11 is 5.57. The topological polar surface area (TPSA) is 39.4 Å². The molecule has 0 unspecified atom stereocenters. The Labute approximate surface area is 116 Å². The van der Waals surface area contributed by atoms with Gasteiger partial charge in [-0.05, 0) is 18.4 Å². The predicted octanol–water partition coefficient (Wildman–Crippen LogP) is 3.39. The van der Waals surface area contributed by atoms with Crippen molar-refractivity contribution in [1.29, 1.82) is 0 Å². The van der Waals surface area contributed by atoms with Crippen molar-refractivity contribution in [1.82, 2.24) is 0 Å². The van der Waals surface area contributed by atoms with E-state index in [0.29, 0.717) is 12.4 Å². The Bertz CT molecular complexity index is 563. The normalized spacial score (nSPS) is 10.4. The first kappa shape index (κ1) is 13.7. The average molecular weight is 279 g/mol. The Kier molecular flexibility index (Phi) is 5.04. The summed E-state index contributed by atoms with van der Waals surface area (Å²) in [7, 11) is 0. The zero-order chi connectivity index (χ0) is 13.5. The second-order valence-electron chi connectivity index (χ2n) is 4.15. The maximum Gasteiger partial charge on any atom is 0.227 e. The van der Waals surface area contributed by atoms with E-state index < -0.39 is 0 Å². The van der Waals surface area contributed by atoms with Crippen LogP contribution in [0.3, 0.4) is 0 Å². The largest absolute Gasteiger partial charge is 0.487 e. The molecule has 0 saturated heterocycles. The van der Waals surface area contributed by atoms with Crippen molar-refractivity contribution in [3.63, 3.8) is 0 Å². The molecule has 19 heavy (non-hydrogen) atoms. The summed E-state index contributed by atoms with van der Waals surface area (Å²) in [5, 5.41) is 0. The highest BCUT2D eigenvalue weighted by atomic mass is 35.5. The van der Waals surface area contributed by atoms with E-state index in [1.165, 1.54) is 17.9 Å². The molecule has 0 bridgehead atoms. The monoisotopic (exact) mass is 278 g/mol. The van der Waals surface area contributed by atoms with Crippen molar-refractivity contribution in [2.45, 2.75) is 18.7 Å². The molecule has 100 valence electrons. The molecule has 2 aromatic rings. The maximum atomic E-state index is 11.6. The standard InChI is InChI=1S/C15H15ClO3/c16-10-13-9-14(17)15(11-19-13)18-8-4-7-12-5-2-1-3-6-12/h1-3,5-6,9,11H,4,7-8,10H2. The molecule has 0 amide bonds. The number of ether oxygens (including phenoxy) is 1. The third-order valence-electron chi connectivity index (χ3n) is 2.69. The van der Waals surface area contributed by atoms with Gasteiger partial charge in [-0.25, -0.2) is 0 Å². The van der Waals surface area contributed by atoms with Gasteiger partial charge in [-0.3, -0.25) is 4.79 Å². The summed E-state index contributed by atoms with van der Waals surface area (Å²) in [6.45, 7) is 0.486. The van der Waals surface area contributed by atoms with E-state index >= 15 is 0 Å². The molecular formula is C15H15ClO3. The van der Waals surface area contributed by atoms with Crippen LogP contribution in [0, 0.1) is 0 Å². The lowest BCUT2D eigenvalue weighted by Gasteiger charge is -2.05. The number of halogens is 1. The molecule has 0 aliphatic rings. The Morgan fingerprint density at radius 2 is 2.00 bits per heavy atom. The summed E-state index contributed by atoms with van der Waals surface area (Å²) in [6, 6.07) is 11.5. The van der Waals surface area contributed by atoms with Gasteiger partial charge in [-0.2, -0.15) is 0 Å². The zero-order valence-electron chi connectivity index (χ0n) is 10.5. The number of benzene rings is 1. The SMILES string of the molecule is O=c1cc(CCl)occ1OCCCc1ccccc1. The number of hydrogen-bond donors (Lipinski definition) is 0. The van der Waals surface area contributed by atoms with Crippen molar-refractivity contribution in [2.24, 2.45) is 0 Å². The molecule has 4 heteroatoms. The smallest absolute Gasteiger partial charge is 0.227 e. The van der Waals surface area contributed by atoms with Gasteiger partial charge in [0.1, 0.15) is 12.0 Å². The van der Waals surface area contributed by atoms with Crippen LogP contribution in [-0.2, 0) is 12.3 Å². The summed E-state index contributed by atoms with van der Waals surface area (Å²) < 4.78 is 10.6. The summed E-state index contributed by atoms with van der Waals surface area (Å²) in [5.74, 6) is 0.869. The van der Waals surface area contributed by atoms with Crippen LogP contribution in [0.25, 0.3) is 0 Å². The number of rotatable bonds is 6. The molecule has 0 spiro atoms. The minimum Gasteiger partial charge on any atom is -0.487 e. The summed E-state index contributed by atoms with van der Waals surface area (Å²) in [4.78, 5) is 11.6. The van der Waals surface area contributed by atoms with Gasteiger partial charge in [-0.1, -0.05) is 30.3 Å². The molecule has 0 saturated carbocycles. The number of aryl methyl sites for hydroxylation is 1. The van der Waals surface area contributed by atoms with Gasteiger partial charge in [0.25, 0.3) is 0 Å². The van der Waals surface area contributed by atoms with Gasteiger partial charge in [0.2, 0.25) is 11.2 Å². The Hall–Kier alpha value is -1.74. The molecule has 2 rings (SSSR count). The van der Waals surface area contributed by atoms with Crippen LogP contribution in [0.5, 0.6) is 5.75 Å². The highest BCUT2D eigenvalue weighted by Crippen LogP contribution is 2.09. The lowest BCUT2D eigenvalue weighted by atomic mass is 10.1. The van der Waals surface area contributed by atoms with Gasteiger partial charge in [-0.15, -0.1) is 11.6 Å². The van der Waals surface area contributed by atoms with E-state index in [2.05, 4.69) is 12.1 Å². The third-order valence-corrected chi connectivity index (χ3v) is 2.96. The second-order valence-corrected chi connectivity index (χ2v) is 4.41. The van der Waals surface area contributed by atoms with Crippen molar-refractivity contribution in [3.8, 4) is 5.75 Å². The minimum absolute atomic E-state index is 0.184. The molecule has 0 aliphatic heterocycles. The van der Waals surface area contributed by atoms with Crippen LogP contribution in [0.4, 0.5) is 0 Å². The van der Waals surface area contributed by atoms with Gasteiger partial charge < -0.3 is 9.15 Å². The molecule has 1 aromatic carbocycles. The Morgan fingerprint density at radius 1 is 1.21 bits per heavy atom. The summed E-state index contributed by atoms with van der Waals surface area (Å²) in [5.41, 5.74) is 1.07. The predicted molar refractivity (Wildman–Crippen MR) is 74.8 cm³/mol. The van der Waals surface area contributed by atoms with Gasteiger partial charge in [0, 0.05) is 6.07 Å². The van der Waals surface area contributed by atoms with Gasteiger partial charge in [0.05, 0.1) is 12.5 Å². The highest BCUT2D eigenvalue weighted by molar-refractivity contribution is 6.16. The molecular weight excluding hydrogens is 264 g/mol. The second kappa shape index (κ2) is 7.00. The molecule has 0 aliphatic carbocycles. The van der Waals surface area contributed by atoms with Crippen LogP contribution in [0.15, 0.2) is 51.9 Å². The lowest BCUT2D eigenvalue weighted by Crippen LogP contribution is -2.09. The number of hydrogen-bond acceptors (Lipinski definition) is 3. The van der Waals surface area contributed by atoms with E-state index in [4.69, 9.17) is 20.8 Å². The first-order valence-electron chi connectivity index (χ1n) is 6.14. The molecule has 0 N–H and O–H groups in total. The molecule has 0 radical (unpaired) electrons. The van der Waals surface area contributed by atoms with E-state index in [0.717, 1.165) is 12.8 Å². The molecule has 0 atom stereocenters. The van der Waals surface area contributed by atoms with Crippen LogP contribution in [0.1, 0.15) is 17.7 Å². The summed E-state index contributed by atoms with van der Waals surface area (Å²) in [6.07, 6.45) is 3.09. The lowest BCUT2D eigenvalue weighted by molar-refractivity contribution is 0.295. The molecule has 1 heterocycles. The van der Waals surface area contributed by atoms with Crippen LogP contribution in [-0.4, -0.2) is 6.61 Å². The fourth-order valence-electron chi connectivity index (χ4n) is 1.72. The quantitative estimate of drug-likeness (QED) is 0.601. The van der Waals surface area contributed by atoms with Crippen molar-refractivity contribution in [3.05, 3.63) is 64.2 Å². The van der Waals surface area contributed by atoms with Crippen molar-refractivity contribution < 1.29 is 9.15 Å². The minimum atomic E-state index is -0.193.